The molecule has 1 amide bonds. The van der Waals surface area contributed by atoms with Crippen LogP contribution in [-0.4, -0.2) is 52.0 Å². The molecule has 0 heterocycles. The second kappa shape index (κ2) is 4.62. The second-order valence-electron chi connectivity index (χ2n) is 4.40. The molecule has 0 unspecified atom stereocenters. The fourth-order valence-electron chi connectivity index (χ4n) is 0.822. The van der Waals surface area contributed by atoms with E-state index in [-0.39, 0.29) is 6.09 Å². The van der Waals surface area contributed by atoms with Gasteiger partial charge in [-0.25, -0.2) is 4.79 Å². The van der Waals surface area contributed by atoms with Gasteiger partial charge in [0, 0.05) is 7.05 Å². The van der Waals surface area contributed by atoms with Gasteiger partial charge in [-0.05, 0) is 33.7 Å². The van der Waals surface area contributed by atoms with Crippen molar-refractivity contribution in [1.29, 1.82) is 0 Å². The van der Waals surface area contributed by atoms with E-state index in [2.05, 4.69) is 0 Å². The summed E-state index contributed by atoms with van der Waals surface area (Å²) < 4.78 is 5.30. The summed E-state index contributed by atoms with van der Waals surface area (Å²) in [7, 11) is 3.82. The summed E-state index contributed by atoms with van der Waals surface area (Å²) >= 11 is 0. The molecule has 0 aliphatic rings. The fraction of sp³-hybridized carbons (Fsp3) is 0.875. The largest absolute Gasteiger partial charge is 0.504 e. The molecule has 4 nitrogen and oxygen atoms in total. The highest BCUT2D eigenvalue weighted by atomic mass is 28.4. The predicted molar refractivity (Wildman–Crippen MR) is 56.1 cm³/mol. The molecule has 0 fully saturated rings. The van der Waals surface area contributed by atoms with E-state index in [1.165, 1.54) is 0 Å². The molecule has 5 heteroatoms. The van der Waals surface area contributed by atoms with E-state index in [1.807, 2.05) is 38.6 Å². The van der Waals surface area contributed by atoms with Gasteiger partial charge in [-0.2, -0.15) is 0 Å². The monoisotopic (exact) mass is 204 g/mol. The first-order chi connectivity index (χ1) is 5.72. The highest BCUT2D eigenvalue weighted by Crippen LogP contribution is 2.05. The molecule has 0 aromatic heterocycles. The topological polar surface area (TPSA) is 32.8 Å². The summed E-state index contributed by atoms with van der Waals surface area (Å²) in [5.74, 6) is 0. The van der Waals surface area contributed by atoms with Gasteiger partial charge >= 0.3 is 6.09 Å². The van der Waals surface area contributed by atoms with Gasteiger partial charge in [0.05, 0.1) is 6.67 Å². The molecule has 0 saturated carbocycles. The van der Waals surface area contributed by atoms with Crippen LogP contribution in [0.15, 0.2) is 0 Å². The summed E-state index contributed by atoms with van der Waals surface area (Å²) in [6.07, 6.45) is -0.229. The van der Waals surface area contributed by atoms with Crippen molar-refractivity contribution in [3.8, 4) is 0 Å². The standard InChI is InChI=1S/C8H20N2O2Si/c1-9(2)7-10(3)8(11)12-13(4,5)6/h7H2,1-6H3. The maximum atomic E-state index is 11.4. The fourth-order valence-corrected chi connectivity index (χ4v) is 1.50. The van der Waals surface area contributed by atoms with Crippen LogP contribution in [0.3, 0.4) is 0 Å². The van der Waals surface area contributed by atoms with E-state index in [9.17, 15) is 4.79 Å². The molecule has 0 radical (unpaired) electrons. The van der Waals surface area contributed by atoms with Crippen LogP contribution < -0.4 is 0 Å². The van der Waals surface area contributed by atoms with E-state index in [4.69, 9.17) is 4.43 Å². The van der Waals surface area contributed by atoms with Crippen LogP contribution in [0.2, 0.25) is 19.6 Å². The Kier molecular flexibility index (Phi) is 4.42. The number of carbonyl (C=O) groups is 1. The summed E-state index contributed by atoms with van der Waals surface area (Å²) in [6, 6.07) is 0. The van der Waals surface area contributed by atoms with Crippen LogP contribution in [0.1, 0.15) is 0 Å². The minimum absolute atomic E-state index is 0.229. The highest BCUT2D eigenvalue weighted by Gasteiger charge is 2.22. The number of amides is 1. The molecule has 0 saturated heterocycles. The van der Waals surface area contributed by atoms with Crippen molar-refractivity contribution in [3.05, 3.63) is 0 Å². The molecule has 0 aromatic carbocycles. The lowest BCUT2D eigenvalue weighted by atomic mass is 10.7. The maximum absolute atomic E-state index is 11.4. The number of carbonyl (C=O) groups excluding carboxylic acids is 1. The lowest BCUT2D eigenvalue weighted by Gasteiger charge is -2.25. The van der Waals surface area contributed by atoms with Crippen molar-refractivity contribution < 1.29 is 9.22 Å². The van der Waals surface area contributed by atoms with Crippen molar-refractivity contribution in [2.45, 2.75) is 19.6 Å². The maximum Gasteiger partial charge on any atom is 0.396 e. The summed E-state index contributed by atoms with van der Waals surface area (Å²) in [4.78, 5) is 14.9. The van der Waals surface area contributed by atoms with Gasteiger partial charge in [0.15, 0.2) is 0 Å². The Morgan fingerprint density at radius 1 is 1.23 bits per heavy atom. The third-order valence-corrected chi connectivity index (χ3v) is 1.99. The van der Waals surface area contributed by atoms with E-state index in [0.29, 0.717) is 6.67 Å². The lowest BCUT2D eigenvalue weighted by molar-refractivity contribution is 0.139. The Labute approximate surface area is 81.6 Å². The quantitative estimate of drug-likeness (QED) is 0.515. The Bertz CT molecular complexity index is 177. The molecular formula is C8H20N2O2Si. The first kappa shape index (κ1) is 12.4. The van der Waals surface area contributed by atoms with Crippen molar-refractivity contribution >= 4 is 14.4 Å². The minimum atomic E-state index is -1.74. The summed E-state index contributed by atoms with van der Waals surface area (Å²) in [6.45, 7) is 6.57. The van der Waals surface area contributed by atoms with Crippen LogP contribution in [-0.2, 0) is 4.43 Å². The van der Waals surface area contributed by atoms with E-state index in [1.54, 1.807) is 11.9 Å². The van der Waals surface area contributed by atoms with Crippen molar-refractivity contribution in [2.75, 3.05) is 27.8 Å². The van der Waals surface area contributed by atoms with Crippen LogP contribution in [0.25, 0.3) is 0 Å². The third-order valence-electron chi connectivity index (χ3n) is 1.20. The van der Waals surface area contributed by atoms with Crippen LogP contribution >= 0.6 is 0 Å². The van der Waals surface area contributed by atoms with Gasteiger partial charge in [-0.15, -0.1) is 0 Å². The lowest BCUT2D eigenvalue weighted by Crippen LogP contribution is -2.40. The van der Waals surface area contributed by atoms with E-state index < -0.39 is 8.32 Å². The molecule has 0 aromatic rings. The Balaban J connectivity index is 3.97. The van der Waals surface area contributed by atoms with E-state index in [0.717, 1.165) is 0 Å². The van der Waals surface area contributed by atoms with Gasteiger partial charge < -0.3 is 4.43 Å². The molecule has 0 spiro atoms. The van der Waals surface area contributed by atoms with Crippen molar-refractivity contribution in [1.82, 2.24) is 9.80 Å². The molecule has 0 aliphatic carbocycles. The zero-order chi connectivity index (χ0) is 10.6. The highest BCUT2D eigenvalue weighted by molar-refractivity contribution is 6.71. The molecule has 78 valence electrons. The first-order valence-electron chi connectivity index (χ1n) is 4.31. The van der Waals surface area contributed by atoms with Gasteiger partial charge in [-0.3, -0.25) is 9.80 Å². The Morgan fingerprint density at radius 3 is 2.00 bits per heavy atom. The smallest absolute Gasteiger partial charge is 0.396 e. The minimum Gasteiger partial charge on any atom is -0.504 e. The van der Waals surface area contributed by atoms with Crippen LogP contribution in [0.5, 0.6) is 0 Å². The number of hydrogen-bond donors (Lipinski definition) is 0. The van der Waals surface area contributed by atoms with Crippen molar-refractivity contribution in [3.63, 3.8) is 0 Å². The molecule has 0 rings (SSSR count). The second-order valence-corrected chi connectivity index (χ2v) is 8.83. The zero-order valence-electron chi connectivity index (χ0n) is 9.42. The average molecular weight is 204 g/mol. The van der Waals surface area contributed by atoms with Gasteiger partial charge in [0.1, 0.15) is 0 Å². The van der Waals surface area contributed by atoms with Crippen LogP contribution in [0.4, 0.5) is 4.79 Å². The summed E-state index contributed by atoms with van der Waals surface area (Å²) in [5.41, 5.74) is 0. The third kappa shape index (κ3) is 6.59. The normalized spacial score (nSPS) is 11.6. The Hall–Kier alpha value is -0.553. The molecule has 13 heavy (non-hydrogen) atoms. The molecule has 0 N–H and O–H groups in total. The predicted octanol–water partition coefficient (Wildman–Crippen LogP) is 1.41. The molecular weight excluding hydrogens is 184 g/mol. The Morgan fingerprint density at radius 2 is 1.69 bits per heavy atom. The number of nitrogens with zero attached hydrogens (tertiary/aromatic N) is 2. The molecule has 0 aliphatic heterocycles. The van der Waals surface area contributed by atoms with Gasteiger partial charge in [0.2, 0.25) is 8.32 Å². The van der Waals surface area contributed by atoms with Crippen LogP contribution in [0, 0.1) is 0 Å². The summed E-state index contributed by atoms with van der Waals surface area (Å²) in [5, 5.41) is 0. The number of rotatable bonds is 3. The number of hydrogen-bond acceptors (Lipinski definition) is 3. The van der Waals surface area contributed by atoms with Crippen molar-refractivity contribution in [2.24, 2.45) is 0 Å². The zero-order valence-corrected chi connectivity index (χ0v) is 10.4. The van der Waals surface area contributed by atoms with Gasteiger partial charge in [0.25, 0.3) is 0 Å². The van der Waals surface area contributed by atoms with E-state index >= 15 is 0 Å². The first-order valence-corrected chi connectivity index (χ1v) is 7.72. The molecule has 0 atom stereocenters. The molecule has 0 bridgehead atoms. The SMILES string of the molecule is CN(C)CN(C)C(=O)O[Si](C)(C)C. The average Bonchev–Trinajstić information content (AvgIpc) is 1.81. The van der Waals surface area contributed by atoms with Gasteiger partial charge in [-0.1, -0.05) is 0 Å².